The van der Waals surface area contributed by atoms with Crippen molar-refractivity contribution in [3.63, 3.8) is 0 Å². The summed E-state index contributed by atoms with van der Waals surface area (Å²) in [5, 5.41) is 13.0. The van der Waals surface area contributed by atoms with Crippen molar-refractivity contribution in [3.05, 3.63) is 17.7 Å². The summed E-state index contributed by atoms with van der Waals surface area (Å²) < 4.78 is 10.4. The van der Waals surface area contributed by atoms with Crippen molar-refractivity contribution in [2.45, 2.75) is 6.54 Å². The Morgan fingerprint density at radius 1 is 1.38 bits per heavy atom. The molecule has 2 rings (SSSR count). The molecular weight excluding hydrogens is 226 g/mol. The van der Waals surface area contributed by atoms with Crippen LogP contribution in [-0.2, 0) is 6.54 Å². The fourth-order valence-corrected chi connectivity index (χ4v) is 1.86. The molecule has 0 fully saturated rings. The van der Waals surface area contributed by atoms with Gasteiger partial charge in [0.2, 0.25) is 6.79 Å². The number of thioether (sulfide) groups is 1. The van der Waals surface area contributed by atoms with E-state index in [1.807, 2.05) is 6.07 Å². The maximum atomic E-state index is 9.75. The van der Waals surface area contributed by atoms with Crippen molar-refractivity contribution in [1.82, 2.24) is 5.32 Å². The lowest BCUT2D eigenvalue weighted by Gasteiger charge is -2.07. The molecule has 4 nitrogen and oxygen atoms in total. The van der Waals surface area contributed by atoms with E-state index in [1.54, 1.807) is 17.8 Å². The Labute approximate surface area is 98.9 Å². The largest absolute Gasteiger partial charge is 0.507 e. The standard InChI is InChI=1S/C11H15NO3S/c1-16-3-2-12-6-8-4-10-11(5-9(8)13)15-7-14-10/h4-5,12-13H,2-3,6-7H2,1H3. The van der Waals surface area contributed by atoms with E-state index in [9.17, 15) is 5.11 Å². The minimum absolute atomic E-state index is 0.234. The minimum atomic E-state index is 0.234. The van der Waals surface area contributed by atoms with Crippen LogP contribution in [0.15, 0.2) is 12.1 Å². The van der Waals surface area contributed by atoms with Crippen molar-refractivity contribution in [2.24, 2.45) is 0 Å². The van der Waals surface area contributed by atoms with E-state index >= 15 is 0 Å². The third kappa shape index (κ3) is 2.54. The van der Waals surface area contributed by atoms with Gasteiger partial charge in [0.05, 0.1) is 0 Å². The molecule has 1 aliphatic rings. The fourth-order valence-electron chi connectivity index (χ4n) is 1.51. The van der Waals surface area contributed by atoms with Crippen molar-refractivity contribution in [1.29, 1.82) is 0 Å². The van der Waals surface area contributed by atoms with Gasteiger partial charge in [-0.1, -0.05) is 0 Å². The Morgan fingerprint density at radius 3 is 2.88 bits per heavy atom. The molecule has 0 aliphatic carbocycles. The molecule has 0 amide bonds. The van der Waals surface area contributed by atoms with Gasteiger partial charge < -0.3 is 19.9 Å². The van der Waals surface area contributed by atoms with Gasteiger partial charge in [-0.25, -0.2) is 0 Å². The van der Waals surface area contributed by atoms with Crippen LogP contribution < -0.4 is 14.8 Å². The number of hydrogen-bond donors (Lipinski definition) is 2. The lowest BCUT2D eigenvalue weighted by Crippen LogP contribution is -2.16. The third-order valence-corrected chi connectivity index (χ3v) is 2.98. The van der Waals surface area contributed by atoms with E-state index in [0.717, 1.165) is 17.9 Å². The van der Waals surface area contributed by atoms with Gasteiger partial charge in [-0.15, -0.1) is 0 Å². The minimum Gasteiger partial charge on any atom is -0.507 e. The average Bonchev–Trinajstić information content (AvgIpc) is 2.71. The molecule has 0 atom stereocenters. The number of phenolic OH excluding ortho intramolecular Hbond substituents is 1. The first-order chi connectivity index (χ1) is 7.81. The number of fused-ring (bicyclic) bond motifs is 1. The second kappa shape index (κ2) is 5.32. The molecule has 16 heavy (non-hydrogen) atoms. The molecule has 2 N–H and O–H groups in total. The molecule has 0 spiro atoms. The molecule has 0 radical (unpaired) electrons. The van der Waals surface area contributed by atoms with Crippen LogP contribution >= 0.6 is 11.8 Å². The summed E-state index contributed by atoms with van der Waals surface area (Å²) in [5.74, 6) is 2.64. The first-order valence-corrected chi connectivity index (χ1v) is 6.52. The van der Waals surface area contributed by atoms with Gasteiger partial charge in [-0.3, -0.25) is 0 Å². The number of rotatable bonds is 5. The lowest BCUT2D eigenvalue weighted by atomic mass is 10.1. The predicted molar refractivity (Wildman–Crippen MR) is 64.3 cm³/mol. The van der Waals surface area contributed by atoms with Crippen molar-refractivity contribution in [3.8, 4) is 17.2 Å². The Bertz CT molecular complexity index is 370. The molecule has 88 valence electrons. The van der Waals surface area contributed by atoms with E-state index in [4.69, 9.17) is 9.47 Å². The van der Waals surface area contributed by atoms with Crippen LogP contribution in [0.5, 0.6) is 17.2 Å². The zero-order chi connectivity index (χ0) is 11.4. The van der Waals surface area contributed by atoms with Crippen molar-refractivity contribution in [2.75, 3.05) is 25.3 Å². The summed E-state index contributed by atoms with van der Waals surface area (Å²) in [4.78, 5) is 0. The Balaban J connectivity index is 1.98. The van der Waals surface area contributed by atoms with E-state index in [1.165, 1.54) is 0 Å². The van der Waals surface area contributed by atoms with E-state index in [2.05, 4.69) is 11.6 Å². The number of phenols is 1. The number of benzene rings is 1. The molecular formula is C11H15NO3S. The summed E-state index contributed by atoms with van der Waals surface area (Å²) in [6.07, 6.45) is 2.07. The third-order valence-electron chi connectivity index (χ3n) is 2.37. The summed E-state index contributed by atoms with van der Waals surface area (Å²) in [6.45, 7) is 1.80. The van der Waals surface area contributed by atoms with Gasteiger partial charge >= 0.3 is 0 Å². The molecule has 0 aromatic heterocycles. The molecule has 1 aromatic carbocycles. The quantitative estimate of drug-likeness (QED) is 0.766. The highest BCUT2D eigenvalue weighted by atomic mass is 32.2. The van der Waals surface area contributed by atoms with Gasteiger partial charge in [0.15, 0.2) is 11.5 Å². The normalized spacial score (nSPS) is 13.1. The number of nitrogens with one attached hydrogen (secondary N) is 1. The highest BCUT2D eigenvalue weighted by molar-refractivity contribution is 7.98. The second-order valence-corrected chi connectivity index (χ2v) is 4.49. The molecule has 1 aromatic rings. The summed E-state index contributed by atoms with van der Waals surface area (Å²) in [6, 6.07) is 3.43. The Hall–Kier alpha value is -1.07. The molecule has 0 bridgehead atoms. The van der Waals surface area contributed by atoms with Gasteiger partial charge in [0.25, 0.3) is 0 Å². The molecule has 1 aliphatic heterocycles. The van der Waals surface area contributed by atoms with Gasteiger partial charge in [0.1, 0.15) is 5.75 Å². The highest BCUT2D eigenvalue weighted by Gasteiger charge is 2.16. The highest BCUT2D eigenvalue weighted by Crippen LogP contribution is 2.37. The van der Waals surface area contributed by atoms with Crippen LogP contribution in [0, 0.1) is 0 Å². The van der Waals surface area contributed by atoms with Crippen molar-refractivity contribution < 1.29 is 14.6 Å². The van der Waals surface area contributed by atoms with Crippen LogP contribution in [-0.4, -0.2) is 30.5 Å². The average molecular weight is 241 g/mol. The van der Waals surface area contributed by atoms with E-state index in [0.29, 0.717) is 18.0 Å². The molecule has 1 heterocycles. The fraction of sp³-hybridized carbons (Fsp3) is 0.455. The number of ether oxygens (including phenoxy) is 2. The Morgan fingerprint density at radius 2 is 2.12 bits per heavy atom. The Kier molecular flexibility index (Phi) is 3.79. The maximum absolute atomic E-state index is 9.75. The zero-order valence-corrected chi connectivity index (χ0v) is 9.97. The summed E-state index contributed by atoms with van der Waals surface area (Å²) >= 11 is 1.79. The summed E-state index contributed by atoms with van der Waals surface area (Å²) in [5.41, 5.74) is 0.838. The number of aromatic hydroxyl groups is 1. The summed E-state index contributed by atoms with van der Waals surface area (Å²) in [7, 11) is 0. The molecule has 0 saturated carbocycles. The topological polar surface area (TPSA) is 50.7 Å². The molecule has 5 heteroatoms. The van der Waals surface area contributed by atoms with Gasteiger partial charge in [0, 0.05) is 30.5 Å². The second-order valence-electron chi connectivity index (χ2n) is 3.50. The first kappa shape index (κ1) is 11.4. The first-order valence-electron chi connectivity index (χ1n) is 5.12. The van der Waals surface area contributed by atoms with Crippen LogP contribution in [0.4, 0.5) is 0 Å². The van der Waals surface area contributed by atoms with E-state index in [-0.39, 0.29) is 12.5 Å². The predicted octanol–water partition coefficient (Wildman–Crippen LogP) is 1.57. The monoisotopic (exact) mass is 241 g/mol. The molecule has 0 saturated heterocycles. The lowest BCUT2D eigenvalue weighted by molar-refractivity contribution is 0.174. The maximum Gasteiger partial charge on any atom is 0.231 e. The van der Waals surface area contributed by atoms with Crippen LogP contribution in [0.1, 0.15) is 5.56 Å². The van der Waals surface area contributed by atoms with Gasteiger partial charge in [-0.2, -0.15) is 11.8 Å². The van der Waals surface area contributed by atoms with Crippen LogP contribution in [0.2, 0.25) is 0 Å². The number of hydrogen-bond acceptors (Lipinski definition) is 5. The smallest absolute Gasteiger partial charge is 0.231 e. The van der Waals surface area contributed by atoms with Crippen LogP contribution in [0.25, 0.3) is 0 Å². The zero-order valence-electron chi connectivity index (χ0n) is 9.16. The van der Waals surface area contributed by atoms with Crippen LogP contribution in [0.3, 0.4) is 0 Å². The SMILES string of the molecule is CSCCNCc1cc2c(cc1O)OCO2. The van der Waals surface area contributed by atoms with Gasteiger partial charge in [-0.05, 0) is 12.3 Å². The van der Waals surface area contributed by atoms with Crippen molar-refractivity contribution >= 4 is 11.8 Å². The van der Waals surface area contributed by atoms with E-state index < -0.39 is 0 Å². The molecule has 0 unspecified atom stereocenters.